The van der Waals surface area contributed by atoms with Gasteiger partial charge in [-0.15, -0.1) is 0 Å². The fourth-order valence-electron chi connectivity index (χ4n) is 4.56. The molecule has 8 nitrogen and oxygen atoms in total. The molecule has 0 spiro atoms. The van der Waals surface area contributed by atoms with Crippen molar-refractivity contribution in [2.24, 2.45) is 5.92 Å². The van der Waals surface area contributed by atoms with Crippen molar-refractivity contribution in [3.8, 4) is 11.4 Å². The number of aromatic nitrogens is 2. The Kier molecular flexibility index (Phi) is 7.72. The molecule has 34 heavy (non-hydrogen) atoms. The predicted molar refractivity (Wildman–Crippen MR) is 127 cm³/mol. The maximum Gasteiger partial charge on any atom is 0.310 e. The van der Waals surface area contributed by atoms with Crippen LogP contribution in [0.15, 0.2) is 30.5 Å². The van der Waals surface area contributed by atoms with Gasteiger partial charge < -0.3 is 19.4 Å². The molecule has 2 aromatic rings. The molecule has 2 saturated heterocycles. The molecule has 0 N–H and O–H groups in total. The van der Waals surface area contributed by atoms with E-state index in [2.05, 4.69) is 21.7 Å². The van der Waals surface area contributed by atoms with Crippen LogP contribution >= 0.6 is 0 Å². The number of piperidine rings is 1. The van der Waals surface area contributed by atoms with E-state index in [1.807, 2.05) is 0 Å². The normalized spacial score (nSPS) is 19.2. The Morgan fingerprint density at radius 1 is 1.09 bits per heavy atom. The first-order chi connectivity index (χ1) is 16.5. The van der Waals surface area contributed by atoms with Crippen LogP contribution in [0.2, 0.25) is 0 Å². The molecule has 1 aromatic carbocycles. The average Bonchev–Trinajstić information content (AvgIpc) is 2.88. The van der Waals surface area contributed by atoms with E-state index in [1.165, 1.54) is 12.1 Å². The number of benzene rings is 1. The number of halogens is 1. The van der Waals surface area contributed by atoms with Crippen molar-refractivity contribution in [3.05, 3.63) is 41.8 Å². The van der Waals surface area contributed by atoms with Crippen molar-refractivity contribution in [1.82, 2.24) is 19.8 Å². The second-order valence-electron chi connectivity index (χ2n) is 8.70. The van der Waals surface area contributed by atoms with Gasteiger partial charge in [0.1, 0.15) is 17.2 Å². The van der Waals surface area contributed by atoms with Crippen LogP contribution < -0.4 is 4.90 Å². The number of piperazine rings is 1. The minimum absolute atomic E-state index is 0.174. The summed E-state index contributed by atoms with van der Waals surface area (Å²) in [4.78, 5) is 41.3. The number of likely N-dealkylation sites (N-methyl/N-ethyl adjacent to an activating group) is 1. The van der Waals surface area contributed by atoms with E-state index in [4.69, 9.17) is 9.72 Å². The summed E-state index contributed by atoms with van der Waals surface area (Å²) >= 11 is 0. The SMILES string of the molecule is CCOC(=O)[C@@H]1CCCN(C(=O)c2cnc(-c3ccc(F)cc3)nc2N2CCN(CC)CC2)C1. The Balaban J connectivity index is 1.63. The lowest BCUT2D eigenvalue weighted by Crippen LogP contribution is -2.48. The summed E-state index contributed by atoms with van der Waals surface area (Å²) in [6.07, 6.45) is 3.03. The van der Waals surface area contributed by atoms with Crippen molar-refractivity contribution in [2.45, 2.75) is 26.7 Å². The standard InChI is InChI=1S/C25H32FN5O3/c1-3-29-12-14-30(15-13-29)23-21(16-27-22(28-23)18-7-9-20(26)10-8-18)24(32)31-11-5-6-19(17-31)25(33)34-4-2/h7-10,16,19H,3-6,11-15,17H2,1-2H3/t19-/m1/s1. The molecule has 182 valence electrons. The highest BCUT2D eigenvalue weighted by Crippen LogP contribution is 2.27. The predicted octanol–water partition coefficient (Wildman–Crippen LogP) is 2.84. The van der Waals surface area contributed by atoms with Gasteiger partial charge in [-0.2, -0.15) is 0 Å². The van der Waals surface area contributed by atoms with Gasteiger partial charge in [-0.05, 0) is 50.6 Å². The lowest BCUT2D eigenvalue weighted by atomic mass is 9.97. The van der Waals surface area contributed by atoms with Crippen molar-refractivity contribution < 1.29 is 18.7 Å². The molecular formula is C25H32FN5O3. The summed E-state index contributed by atoms with van der Waals surface area (Å²) in [6, 6.07) is 6.03. The first-order valence-electron chi connectivity index (χ1n) is 12.1. The second-order valence-corrected chi connectivity index (χ2v) is 8.70. The molecule has 0 saturated carbocycles. The minimum Gasteiger partial charge on any atom is -0.466 e. The molecule has 2 aliphatic rings. The fraction of sp³-hybridized carbons (Fsp3) is 0.520. The molecule has 9 heteroatoms. The summed E-state index contributed by atoms with van der Waals surface area (Å²) in [6.45, 7) is 9.41. The van der Waals surface area contributed by atoms with Crippen molar-refractivity contribution >= 4 is 17.7 Å². The third kappa shape index (κ3) is 5.35. The second kappa shape index (κ2) is 10.9. The van der Waals surface area contributed by atoms with Crippen LogP contribution in [0.4, 0.5) is 10.2 Å². The van der Waals surface area contributed by atoms with Gasteiger partial charge in [-0.25, -0.2) is 14.4 Å². The highest BCUT2D eigenvalue weighted by Gasteiger charge is 2.32. The van der Waals surface area contributed by atoms with Crippen LogP contribution in [0.3, 0.4) is 0 Å². The first kappa shape index (κ1) is 24.1. The Morgan fingerprint density at radius 2 is 1.82 bits per heavy atom. The number of anilines is 1. The zero-order valence-corrected chi connectivity index (χ0v) is 19.9. The number of nitrogens with zero attached hydrogens (tertiary/aromatic N) is 5. The number of esters is 1. The smallest absolute Gasteiger partial charge is 0.310 e. The monoisotopic (exact) mass is 469 g/mol. The number of likely N-dealkylation sites (tertiary alicyclic amines) is 1. The van der Waals surface area contributed by atoms with Crippen LogP contribution in [0.25, 0.3) is 11.4 Å². The lowest BCUT2D eigenvalue weighted by Gasteiger charge is -2.36. The van der Waals surface area contributed by atoms with E-state index in [0.29, 0.717) is 48.9 Å². The van der Waals surface area contributed by atoms with E-state index < -0.39 is 0 Å². The van der Waals surface area contributed by atoms with Gasteiger partial charge in [-0.1, -0.05) is 6.92 Å². The molecule has 4 rings (SSSR count). The number of rotatable bonds is 6. The van der Waals surface area contributed by atoms with Gasteiger partial charge in [0, 0.05) is 51.0 Å². The zero-order chi connectivity index (χ0) is 24.1. The van der Waals surface area contributed by atoms with Gasteiger partial charge in [0.2, 0.25) is 0 Å². The van der Waals surface area contributed by atoms with Crippen molar-refractivity contribution in [3.63, 3.8) is 0 Å². The van der Waals surface area contributed by atoms with Crippen LogP contribution in [-0.2, 0) is 9.53 Å². The highest BCUT2D eigenvalue weighted by molar-refractivity contribution is 5.99. The minimum atomic E-state index is -0.326. The van der Waals surface area contributed by atoms with E-state index in [1.54, 1.807) is 30.2 Å². The number of amides is 1. The number of carbonyl (C=O) groups excluding carboxylic acids is 2. The van der Waals surface area contributed by atoms with E-state index in [-0.39, 0.29) is 23.6 Å². The van der Waals surface area contributed by atoms with Gasteiger partial charge in [0.05, 0.1) is 12.5 Å². The Morgan fingerprint density at radius 3 is 2.50 bits per heavy atom. The molecule has 0 radical (unpaired) electrons. The van der Waals surface area contributed by atoms with Crippen LogP contribution in [0.1, 0.15) is 37.0 Å². The van der Waals surface area contributed by atoms with E-state index >= 15 is 0 Å². The Bertz CT molecular complexity index is 1010. The molecule has 1 atom stereocenters. The topological polar surface area (TPSA) is 78.9 Å². The molecule has 0 aliphatic carbocycles. The van der Waals surface area contributed by atoms with Gasteiger partial charge in [0.15, 0.2) is 5.82 Å². The molecule has 3 heterocycles. The average molecular weight is 470 g/mol. The van der Waals surface area contributed by atoms with Gasteiger partial charge >= 0.3 is 5.97 Å². The number of carbonyl (C=O) groups is 2. The third-order valence-electron chi connectivity index (χ3n) is 6.55. The maximum absolute atomic E-state index is 13.6. The summed E-state index contributed by atoms with van der Waals surface area (Å²) in [5.74, 6) is -0.0198. The summed E-state index contributed by atoms with van der Waals surface area (Å²) < 4.78 is 18.6. The molecular weight excluding hydrogens is 437 g/mol. The summed E-state index contributed by atoms with van der Waals surface area (Å²) in [5, 5.41) is 0. The lowest BCUT2D eigenvalue weighted by molar-refractivity contribution is -0.149. The maximum atomic E-state index is 13.6. The summed E-state index contributed by atoms with van der Waals surface area (Å²) in [5.41, 5.74) is 1.12. The third-order valence-corrected chi connectivity index (χ3v) is 6.55. The van der Waals surface area contributed by atoms with E-state index in [0.717, 1.165) is 39.1 Å². The highest BCUT2D eigenvalue weighted by atomic mass is 19.1. The van der Waals surface area contributed by atoms with Crippen molar-refractivity contribution in [1.29, 1.82) is 0 Å². The van der Waals surface area contributed by atoms with Crippen LogP contribution in [0, 0.1) is 11.7 Å². The quantitative estimate of drug-likeness (QED) is 0.602. The molecule has 1 aromatic heterocycles. The molecule has 0 bridgehead atoms. The Labute approximate surface area is 199 Å². The summed E-state index contributed by atoms with van der Waals surface area (Å²) in [7, 11) is 0. The molecule has 0 unspecified atom stereocenters. The van der Waals surface area contributed by atoms with Gasteiger partial charge in [-0.3, -0.25) is 9.59 Å². The number of hydrogen-bond acceptors (Lipinski definition) is 7. The van der Waals surface area contributed by atoms with Gasteiger partial charge in [0.25, 0.3) is 5.91 Å². The van der Waals surface area contributed by atoms with Crippen molar-refractivity contribution in [2.75, 3.05) is 57.3 Å². The van der Waals surface area contributed by atoms with E-state index in [9.17, 15) is 14.0 Å². The molecule has 1 amide bonds. The molecule has 2 aliphatic heterocycles. The van der Waals surface area contributed by atoms with Crippen LogP contribution in [0.5, 0.6) is 0 Å². The Hall–Kier alpha value is -3.07. The number of ether oxygens (including phenoxy) is 1. The number of hydrogen-bond donors (Lipinski definition) is 0. The largest absolute Gasteiger partial charge is 0.466 e. The zero-order valence-electron chi connectivity index (χ0n) is 19.9. The van der Waals surface area contributed by atoms with Crippen LogP contribution in [-0.4, -0.2) is 84.1 Å². The molecule has 2 fully saturated rings. The fourth-order valence-corrected chi connectivity index (χ4v) is 4.56. The first-order valence-corrected chi connectivity index (χ1v) is 12.1.